The van der Waals surface area contributed by atoms with Crippen LogP contribution >= 0.6 is 0 Å². The van der Waals surface area contributed by atoms with Gasteiger partial charge in [-0.15, -0.1) is 0 Å². The molecule has 3 aromatic carbocycles. The second-order valence-electron chi connectivity index (χ2n) is 9.08. The number of amides is 3. The molecule has 0 aromatic heterocycles. The minimum absolute atomic E-state index is 0.0932. The van der Waals surface area contributed by atoms with Crippen LogP contribution in [-0.2, 0) is 9.59 Å². The fraction of sp³-hybridized carbons (Fsp3) is 0.267. The van der Waals surface area contributed by atoms with E-state index < -0.39 is 6.04 Å². The molecule has 37 heavy (non-hydrogen) atoms. The van der Waals surface area contributed by atoms with Gasteiger partial charge in [-0.05, 0) is 42.7 Å². The van der Waals surface area contributed by atoms with Gasteiger partial charge in [-0.2, -0.15) is 5.10 Å². The quantitative estimate of drug-likeness (QED) is 0.322. The molecule has 1 saturated carbocycles. The molecule has 4 rings (SSSR count). The Labute approximate surface area is 217 Å². The van der Waals surface area contributed by atoms with E-state index in [-0.39, 0.29) is 30.2 Å². The Hall–Kier alpha value is -4.26. The van der Waals surface area contributed by atoms with Crippen LogP contribution in [0.1, 0.15) is 60.5 Å². The summed E-state index contributed by atoms with van der Waals surface area (Å²) in [4.78, 5) is 41.1. The molecule has 0 spiro atoms. The Morgan fingerprint density at radius 1 is 0.838 bits per heavy atom. The van der Waals surface area contributed by atoms with Crippen molar-refractivity contribution < 1.29 is 14.4 Å². The Morgan fingerprint density at radius 3 is 2.08 bits per heavy atom. The number of nitrogens with zero attached hydrogens (tertiary/aromatic N) is 2. The SMILES string of the molecule is O=C(N/N=C/CC(=O)N(c1ccccc1)[C@H](C(=O)NC1CCCCC1)c1ccccc1)c1ccccc1. The van der Waals surface area contributed by atoms with Crippen molar-refractivity contribution in [3.05, 3.63) is 102 Å². The average Bonchev–Trinajstić information content (AvgIpc) is 2.95. The maximum absolute atomic E-state index is 13.7. The first-order chi connectivity index (χ1) is 18.1. The van der Waals surface area contributed by atoms with Gasteiger partial charge in [-0.25, -0.2) is 5.43 Å². The summed E-state index contributed by atoms with van der Waals surface area (Å²) in [5.74, 6) is -0.876. The van der Waals surface area contributed by atoms with Crippen molar-refractivity contribution in [3.8, 4) is 0 Å². The van der Waals surface area contributed by atoms with Crippen molar-refractivity contribution in [1.29, 1.82) is 0 Å². The molecule has 1 aliphatic rings. The molecule has 1 fully saturated rings. The van der Waals surface area contributed by atoms with E-state index in [0.29, 0.717) is 11.3 Å². The zero-order valence-corrected chi connectivity index (χ0v) is 20.8. The van der Waals surface area contributed by atoms with Crippen molar-refractivity contribution in [3.63, 3.8) is 0 Å². The minimum Gasteiger partial charge on any atom is -0.351 e. The molecule has 7 nitrogen and oxygen atoms in total. The van der Waals surface area contributed by atoms with Gasteiger partial charge < -0.3 is 5.32 Å². The van der Waals surface area contributed by atoms with Crippen LogP contribution in [0.15, 0.2) is 96.1 Å². The normalized spacial score (nSPS) is 14.6. The van der Waals surface area contributed by atoms with E-state index >= 15 is 0 Å². The summed E-state index contributed by atoms with van der Waals surface area (Å²) in [6.45, 7) is 0. The van der Waals surface area contributed by atoms with Crippen LogP contribution in [0.25, 0.3) is 0 Å². The number of para-hydroxylation sites is 1. The topological polar surface area (TPSA) is 90.9 Å². The zero-order chi connectivity index (χ0) is 25.9. The van der Waals surface area contributed by atoms with E-state index in [2.05, 4.69) is 15.8 Å². The van der Waals surface area contributed by atoms with Crippen LogP contribution in [0.4, 0.5) is 5.69 Å². The summed E-state index contributed by atoms with van der Waals surface area (Å²) in [6.07, 6.45) is 6.52. The highest BCUT2D eigenvalue weighted by Crippen LogP contribution is 2.29. The molecule has 3 amide bonds. The highest BCUT2D eigenvalue weighted by Gasteiger charge is 2.33. The number of anilines is 1. The highest BCUT2D eigenvalue weighted by molar-refractivity contribution is 6.06. The van der Waals surface area contributed by atoms with Gasteiger partial charge in [-0.3, -0.25) is 19.3 Å². The van der Waals surface area contributed by atoms with Gasteiger partial charge in [0.2, 0.25) is 11.8 Å². The number of carbonyl (C=O) groups excluding carboxylic acids is 3. The second kappa shape index (κ2) is 13.2. The summed E-state index contributed by atoms with van der Waals surface area (Å²) in [6, 6.07) is 26.5. The highest BCUT2D eigenvalue weighted by atomic mass is 16.2. The lowest BCUT2D eigenvalue weighted by Gasteiger charge is -2.33. The van der Waals surface area contributed by atoms with Gasteiger partial charge in [0, 0.05) is 23.5 Å². The van der Waals surface area contributed by atoms with Gasteiger partial charge in [0.05, 0.1) is 6.42 Å². The van der Waals surface area contributed by atoms with Gasteiger partial charge in [0.1, 0.15) is 6.04 Å². The minimum atomic E-state index is -0.842. The van der Waals surface area contributed by atoms with Crippen molar-refractivity contribution in [2.24, 2.45) is 5.10 Å². The summed E-state index contributed by atoms with van der Waals surface area (Å²) in [7, 11) is 0. The third kappa shape index (κ3) is 7.13. The Kier molecular flexibility index (Phi) is 9.18. The Balaban J connectivity index is 1.56. The van der Waals surface area contributed by atoms with Crippen molar-refractivity contribution >= 4 is 29.6 Å². The predicted molar refractivity (Wildman–Crippen MR) is 145 cm³/mol. The molecule has 0 unspecified atom stereocenters. The van der Waals surface area contributed by atoms with Crippen LogP contribution in [-0.4, -0.2) is 30.0 Å². The lowest BCUT2D eigenvalue weighted by Crippen LogP contribution is -2.47. The molecule has 0 saturated heterocycles. The molecule has 1 aliphatic carbocycles. The molecular formula is C30H32N4O3. The third-order valence-corrected chi connectivity index (χ3v) is 6.44. The van der Waals surface area contributed by atoms with Crippen molar-refractivity contribution in [1.82, 2.24) is 10.7 Å². The second-order valence-corrected chi connectivity index (χ2v) is 9.08. The van der Waals surface area contributed by atoms with E-state index in [1.54, 1.807) is 24.3 Å². The Bertz CT molecular complexity index is 1190. The van der Waals surface area contributed by atoms with E-state index in [1.165, 1.54) is 17.5 Å². The molecule has 190 valence electrons. The van der Waals surface area contributed by atoms with Crippen LogP contribution in [0.2, 0.25) is 0 Å². The maximum Gasteiger partial charge on any atom is 0.271 e. The first-order valence-electron chi connectivity index (χ1n) is 12.7. The molecule has 0 radical (unpaired) electrons. The first kappa shape index (κ1) is 25.8. The van der Waals surface area contributed by atoms with Gasteiger partial charge in [-0.1, -0.05) is 86.0 Å². The summed E-state index contributed by atoms with van der Waals surface area (Å²) >= 11 is 0. The third-order valence-electron chi connectivity index (χ3n) is 6.44. The fourth-order valence-electron chi connectivity index (χ4n) is 4.59. The largest absolute Gasteiger partial charge is 0.351 e. The molecule has 7 heteroatoms. The number of hydrogen-bond acceptors (Lipinski definition) is 4. The molecule has 2 N–H and O–H groups in total. The van der Waals surface area contributed by atoms with Crippen LogP contribution in [0, 0.1) is 0 Å². The van der Waals surface area contributed by atoms with E-state index in [9.17, 15) is 14.4 Å². The lowest BCUT2D eigenvalue weighted by molar-refractivity contribution is -0.127. The van der Waals surface area contributed by atoms with E-state index in [1.807, 2.05) is 66.7 Å². The van der Waals surface area contributed by atoms with Crippen LogP contribution < -0.4 is 15.6 Å². The molecule has 0 bridgehead atoms. The smallest absolute Gasteiger partial charge is 0.271 e. The van der Waals surface area contributed by atoms with E-state index in [4.69, 9.17) is 0 Å². The Morgan fingerprint density at radius 2 is 1.43 bits per heavy atom. The number of benzene rings is 3. The molecule has 1 atom stereocenters. The van der Waals surface area contributed by atoms with Gasteiger partial charge >= 0.3 is 0 Å². The molecular weight excluding hydrogens is 464 g/mol. The predicted octanol–water partition coefficient (Wildman–Crippen LogP) is 5.02. The van der Waals surface area contributed by atoms with Crippen LogP contribution in [0.5, 0.6) is 0 Å². The fourth-order valence-corrected chi connectivity index (χ4v) is 4.59. The number of nitrogens with one attached hydrogen (secondary N) is 2. The number of hydrogen-bond donors (Lipinski definition) is 2. The van der Waals surface area contributed by atoms with E-state index in [0.717, 1.165) is 31.2 Å². The number of carbonyl (C=O) groups is 3. The van der Waals surface area contributed by atoms with Crippen molar-refractivity contribution in [2.45, 2.75) is 50.6 Å². The maximum atomic E-state index is 13.7. The molecule has 0 heterocycles. The van der Waals surface area contributed by atoms with Crippen LogP contribution in [0.3, 0.4) is 0 Å². The monoisotopic (exact) mass is 496 g/mol. The standard InChI is InChI=1S/C30H32N4O3/c35-27(21-22-31-33-29(36)24-15-7-2-8-16-24)34(26-19-11-4-12-20-26)28(23-13-5-1-6-14-23)30(37)32-25-17-9-3-10-18-25/h1-2,4-8,11-16,19-20,22,25,28H,3,9-10,17-18,21H2,(H,32,37)(H,33,36)/b31-22+/t28-/m0/s1. The average molecular weight is 497 g/mol. The zero-order valence-electron chi connectivity index (χ0n) is 20.8. The van der Waals surface area contributed by atoms with Gasteiger partial charge in [0.15, 0.2) is 0 Å². The first-order valence-corrected chi connectivity index (χ1v) is 12.7. The lowest BCUT2D eigenvalue weighted by atomic mass is 9.94. The molecule has 0 aliphatic heterocycles. The summed E-state index contributed by atoms with van der Waals surface area (Å²) in [5.41, 5.74) is 4.26. The van der Waals surface area contributed by atoms with Crippen molar-refractivity contribution in [2.75, 3.05) is 4.90 Å². The molecule has 3 aromatic rings. The number of hydrazone groups is 1. The number of rotatable bonds is 9. The summed E-state index contributed by atoms with van der Waals surface area (Å²) in [5, 5.41) is 7.16. The van der Waals surface area contributed by atoms with Gasteiger partial charge in [0.25, 0.3) is 5.91 Å². The summed E-state index contributed by atoms with van der Waals surface area (Å²) < 4.78 is 0.